The van der Waals surface area contributed by atoms with Gasteiger partial charge in [-0.05, 0) is 0 Å². The summed E-state index contributed by atoms with van der Waals surface area (Å²) in [5.74, 6) is 0.736. The van der Waals surface area contributed by atoms with Crippen molar-refractivity contribution in [2.45, 2.75) is 6.54 Å². The first-order valence-corrected chi connectivity index (χ1v) is 9.37. The number of nitrogens with zero attached hydrogens (tertiary/aromatic N) is 6. The van der Waals surface area contributed by atoms with Gasteiger partial charge in [-0.2, -0.15) is 4.98 Å². The first kappa shape index (κ1) is 18.2. The zero-order valence-corrected chi connectivity index (χ0v) is 15.9. The lowest BCUT2D eigenvalue weighted by Gasteiger charge is -2.30. The molecule has 2 saturated heterocycles. The van der Waals surface area contributed by atoms with Crippen LogP contribution in [-0.2, 0) is 30.1 Å². The lowest BCUT2D eigenvalue weighted by atomic mass is 10.4. The Morgan fingerprint density at radius 3 is 2.19 bits per heavy atom. The van der Waals surface area contributed by atoms with Crippen molar-refractivity contribution < 1.29 is 9.47 Å². The van der Waals surface area contributed by atoms with Gasteiger partial charge in [-0.25, -0.2) is 4.79 Å². The zero-order valence-electron chi connectivity index (χ0n) is 15.9. The predicted molar refractivity (Wildman–Crippen MR) is 101 cm³/mol. The van der Waals surface area contributed by atoms with Crippen molar-refractivity contribution >= 4 is 17.1 Å². The minimum atomic E-state index is -0.362. The van der Waals surface area contributed by atoms with E-state index >= 15 is 0 Å². The monoisotopic (exact) mass is 378 g/mol. The maximum absolute atomic E-state index is 12.9. The normalized spacial score (nSPS) is 19.1. The first-order valence-electron chi connectivity index (χ1n) is 9.37. The van der Waals surface area contributed by atoms with Gasteiger partial charge in [-0.15, -0.1) is 0 Å². The van der Waals surface area contributed by atoms with Gasteiger partial charge in [0.15, 0.2) is 11.2 Å². The number of aromatic nitrogens is 4. The van der Waals surface area contributed by atoms with E-state index in [1.54, 1.807) is 7.05 Å². The van der Waals surface area contributed by atoms with E-state index in [9.17, 15) is 9.59 Å². The van der Waals surface area contributed by atoms with E-state index in [4.69, 9.17) is 14.5 Å². The molecule has 148 valence electrons. The van der Waals surface area contributed by atoms with Crippen molar-refractivity contribution in [3.8, 4) is 0 Å². The second-order valence-corrected chi connectivity index (χ2v) is 6.99. The van der Waals surface area contributed by atoms with Crippen molar-refractivity contribution in [3.05, 3.63) is 20.8 Å². The van der Waals surface area contributed by atoms with Gasteiger partial charge in [-0.1, -0.05) is 0 Å². The Balaban J connectivity index is 1.79. The van der Waals surface area contributed by atoms with Gasteiger partial charge in [0.05, 0.1) is 26.4 Å². The Bertz CT molecular complexity index is 934. The van der Waals surface area contributed by atoms with Crippen LogP contribution in [0.4, 0.5) is 5.95 Å². The van der Waals surface area contributed by atoms with Crippen LogP contribution in [0.25, 0.3) is 11.2 Å². The first-order chi connectivity index (χ1) is 13.1. The van der Waals surface area contributed by atoms with Gasteiger partial charge >= 0.3 is 5.69 Å². The predicted octanol–water partition coefficient (Wildman–Crippen LogP) is -1.40. The van der Waals surface area contributed by atoms with Crippen LogP contribution >= 0.6 is 0 Å². The van der Waals surface area contributed by atoms with Crippen LogP contribution in [0, 0.1) is 0 Å². The van der Waals surface area contributed by atoms with E-state index < -0.39 is 0 Å². The average Bonchev–Trinajstić information content (AvgIpc) is 3.10. The molecule has 0 atom stereocenters. The number of aryl methyl sites for hydroxylation is 1. The van der Waals surface area contributed by atoms with Gasteiger partial charge < -0.3 is 18.9 Å². The third-order valence-electron chi connectivity index (χ3n) is 5.37. The fraction of sp³-hybridized carbons (Fsp3) is 0.706. The number of hydrogen-bond donors (Lipinski definition) is 0. The summed E-state index contributed by atoms with van der Waals surface area (Å²) in [6, 6.07) is 0. The molecule has 2 aromatic rings. The number of anilines is 1. The Labute approximate surface area is 156 Å². The molecule has 0 saturated carbocycles. The van der Waals surface area contributed by atoms with Crippen molar-refractivity contribution in [2.75, 3.05) is 64.1 Å². The van der Waals surface area contributed by atoms with Crippen molar-refractivity contribution in [1.82, 2.24) is 23.6 Å². The molecule has 10 nitrogen and oxygen atoms in total. The van der Waals surface area contributed by atoms with Crippen LogP contribution in [-0.4, -0.2) is 82.7 Å². The van der Waals surface area contributed by atoms with Gasteiger partial charge in [0.2, 0.25) is 5.95 Å². The number of fused-ring (bicyclic) bond motifs is 1. The highest BCUT2D eigenvalue weighted by Crippen LogP contribution is 2.20. The number of hydrogen-bond acceptors (Lipinski definition) is 7. The summed E-state index contributed by atoms with van der Waals surface area (Å²) in [7, 11) is 3.17. The fourth-order valence-corrected chi connectivity index (χ4v) is 3.72. The molecular weight excluding hydrogens is 352 g/mol. The molecule has 0 bridgehead atoms. The zero-order chi connectivity index (χ0) is 19.0. The van der Waals surface area contributed by atoms with E-state index in [0.717, 1.165) is 56.5 Å². The Morgan fingerprint density at radius 1 is 0.889 bits per heavy atom. The highest BCUT2D eigenvalue weighted by Gasteiger charge is 2.24. The minimum absolute atomic E-state index is 0.304. The molecule has 0 unspecified atom stereocenters. The third kappa shape index (κ3) is 3.28. The molecule has 0 aromatic carbocycles. The molecule has 2 fully saturated rings. The van der Waals surface area contributed by atoms with E-state index in [2.05, 4.69) is 9.80 Å². The smallest absolute Gasteiger partial charge is 0.332 e. The van der Waals surface area contributed by atoms with Gasteiger partial charge in [0.1, 0.15) is 0 Å². The van der Waals surface area contributed by atoms with Gasteiger partial charge in [-0.3, -0.25) is 18.8 Å². The SMILES string of the molecule is Cn1c(=O)c2c(nc(N3CCOCC3)n2CCN2CCOCC2)n(C)c1=O. The van der Waals surface area contributed by atoms with Crippen LogP contribution in [0.1, 0.15) is 0 Å². The van der Waals surface area contributed by atoms with E-state index in [0.29, 0.717) is 30.9 Å². The van der Waals surface area contributed by atoms with Gasteiger partial charge in [0.25, 0.3) is 5.56 Å². The maximum Gasteiger partial charge on any atom is 0.332 e. The molecule has 0 spiro atoms. The largest absolute Gasteiger partial charge is 0.379 e. The van der Waals surface area contributed by atoms with Crippen molar-refractivity contribution in [1.29, 1.82) is 0 Å². The summed E-state index contributed by atoms with van der Waals surface area (Å²) in [6.45, 7) is 7.37. The number of rotatable bonds is 4. The van der Waals surface area contributed by atoms with Crippen LogP contribution in [0.3, 0.4) is 0 Å². The molecule has 0 radical (unpaired) electrons. The molecule has 4 heterocycles. The van der Waals surface area contributed by atoms with Crippen LogP contribution in [0.2, 0.25) is 0 Å². The van der Waals surface area contributed by atoms with E-state index in [-0.39, 0.29) is 11.2 Å². The Morgan fingerprint density at radius 2 is 1.52 bits per heavy atom. The fourth-order valence-electron chi connectivity index (χ4n) is 3.72. The highest BCUT2D eigenvalue weighted by atomic mass is 16.5. The molecule has 4 rings (SSSR count). The summed E-state index contributed by atoms with van der Waals surface area (Å²) in [4.78, 5) is 34.4. The minimum Gasteiger partial charge on any atom is -0.379 e. The molecular formula is C17H26N6O4. The van der Waals surface area contributed by atoms with Crippen LogP contribution < -0.4 is 16.1 Å². The average molecular weight is 378 g/mol. The topological polar surface area (TPSA) is 86.8 Å². The summed E-state index contributed by atoms with van der Waals surface area (Å²) >= 11 is 0. The van der Waals surface area contributed by atoms with E-state index in [1.165, 1.54) is 11.6 Å². The Kier molecular flexibility index (Phi) is 5.02. The number of morpholine rings is 2. The molecule has 0 N–H and O–H groups in total. The Hall–Kier alpha value is -2.17. The van der Waals surface area contributed by atoms with Crippen LogP contribution in [0.15, 0.2) is 9.59 Å². The molecule has 27 heavy (non-hydrogen) atoms. The highest BCUT2D eigenvalue weighted by molar-refractivity contribution is 5.74. The molecule has 2 aliphatic rings. The molecule has 2 aromatic heterocycles. The number of ether oxygens (including phenoxy) is 2. The second kappa shape index (κ2) is 7.45. The lowest BCUT2D eigenvalue weighted by Crippen LogP contribution is -2.41. The quantitative estimate of drug-likeness (QED) is 0.647. The summed E-state index contributed by atoms with van der Waals surface area (Å²) < 4.78 is 15.4. The lowest BCUT2D eigenvalue weighted by molar-refractivity contribution is 0.0365. The summed E-state index contributed by atoms with van der Waals surface area (Å²) in [6.07, 6.45) is 0. The standard InChI is InChI=1S/C17H26N6O4/c1-19-14-13(15(24)20(2)17(19)25)23(4-3-21-5-9-26-10-6-21)16(18-14)22-7-11-27-12-8-22/h3-12H2,1-2H3. The maximum atomic E-state index is 12.9. The molecule has 0 amide bonds. The van der Waals surface area contributed by atoms with Crippen molar-refractivity contribution in [3.63, 3.8) is 0 Å². The molecule has 10 heteroatoms. The summed E-state index contributed by atoms with van der Waals surface area (Å²) in [5.41, 5.74) is 0.252. The molecule has 2 aliphatic heterocycles. The van der Waals surface area contributed by atoms with E-state index in [1.807, 2.05) is 4.57 Å². The van der Waals surface area contributed by atoms with Gasteiger partial charge in [0, 0.05) is 53.4 Å². The second-order valence-electron chi connectivity index (χ2n) is 6.99. The summed E-state index contributed by atoms with van der Waals surface area (Å²) in [5, 5.41) is 0. The third-order valence-corrected chi connectivity index (χ3v) is 5.37. The van der Waals surface area contributed by atoms with Crippen molar-refractivity contribution in [2.24, 2.45) is 14.1 Å². The number of imidazole rings is 1. The van der Waals surface area contributed by atoms with Crippen LogP contribution in [0.5, 0.6) is 0 Å². The molecule has 0 aliphatic carbocycles.